The lowest BCUT2D eigenvalue weighted by atomic mass is 9.93. The molecule has 7 nitrogen and oxygen atoms in total. The van der Waals surface area contributed by atoms with Crippen molar-refractivity contribution in [3.63, 3.8) is 0 Å². The summed E-state index contributed by atoms with van der Waals surface area (Å²) in [6.07, 6.45) is 4.31. The van der Waals surface area contributed by atoms with Crippen LogP contribution in [0.1, 0.15) is 44.2 Å². The number of aromatic nitrogens is 3. The van der Waals surface area contributed by atoms with E-state index in [0.717, 1.165) is 80.6 Å². The zero-order chi connectivity index (χ0) is 25.2. The van der Waals surface area contributed by atoms with Crippen molar-refractivity contribution in [2.24, 2.45) is 0 Å². The Morgan fingerprint density at radius 1 is 1.06 bits per heavy atom. The summed E-state index contributed by atoms with van der Waals surface area (Å²) in [5.41, 5.74) is 4.15. The normalized spacial score (nSPS) is 22.8. The summed E-state index contributed by atoms with van der Waals surface area (Å²) in [4.78, 5) is 13.9. The second-order valence-corrected chi connectivity index (χ2v) is 10.4. The van der Waals surface area contributed by atoms with Crippen molar-refractivity contribution < 1.29 is 13.9 Å². The van der Waals surface area contributed by atoms with Crippen molar-refractivity contribution in [3.8, 4) is 11.1 Å². The highest BCUT2D eigenvalue weighted by atomic mass is 19.3. The van der Waals surface area contributed by atoms with Crippen molar-refractivity contribution in [2.45, 2.75) is 63.8 Å². The van der Waals surface area contributed by atoms with Crippen LogP contribution in [0.15, 0.2) is 36.7 Å². The first-order valence-corrected chi connectivity index (χ1v) is 13.0. The van der Waals surface area contributed by atoms with E-state index in [1.165, 1.54) is 12.5 Å². The van der Waals surface area contributed by atoms with Gasteiger partial charge in [-0.25, -0.2) is 13.8 Å². The highest BCUT2D eigenvalue weighted by molar-refractivity contribution is 5.94. The Bertz CT molecular complexity index is 1150. The van der Waals surface area contributed by atoms with E-state index in [2.05, 4.69) is 67.2 Å². The molecule has 0 bridgehead atoms. The van der Waals surface area contributed by atoms with Crippen molar-refractivity contribution >= 4 is 17.0 Å². The smallest absolute Gasteiger partial charge is 0.258 e. The van der Waals surface area contributed by atoms with Gasteiger partial charge in [0.25, 0.3) is 6.43 Å². The third-order valence-corrected chi connectivity index (χ3v) is 7.63. The van der Waals surface area contributed by atoms with E-state index in [0.29, 0.717) is 0 Å². The molecule has 3 aromatic rings. The molecule has 194 valence electrons. The van der Waals surface area contributed by atoms with E-state index in [9.17, 15) is 13.9 Å². The monoisotopic (exact) mass is 498 g/mol. The van der Waals surface area contributed by atoms with Crippen LogP contribution in [0.4, 0.5) is 14.7 Å². The molecule has 36 heavy (non-hydrogen) atoms. The Kier molecular flexibility index (Phi) is 7.50. The number of nitrogens with one attached hydrogen (secondary N) is 1. The third kappa shape index (κ3) is 5.53. The maximum Gasteiger partial charge on any atom is 0.258 e. The zero-order valence-corrected chi connectivity index (χ0v) is 21.1. The molecule has 0 amide bonds. The lowest BCUT2D eigenvalue weighted by Crippen LogP contribution is -2.43. The molecule has 1 saturated heterocycles. The molecule has 1 aliphatic carbocycles. The summed E-state index contributed by atoms with van der Waals surface area (Å²) in [6, 6.07) is 7.85. The summed E-state index contributed by atoms with van der Waals surface area (Å²) in [7, 11) is 2.17. The van der Waals surface area contributed by atoms with E-state index in [1.54, 1.807) is 6.20 Å². The molecule has 2 aromatic heterocycles. The van der Waals surface area contributed by atoms with E-state index < -0.39 is 12.5 Å². The molecule has 3 heterocycles. The van der Waals surface area contributed by atoms with Crippen molar-refractivity contribution in [1.82, 2.24) is 24.3 Å². The molecule has 1 aliphatic heterocycles. The van der Waals surface area contributed by atoms with Gasteiger partial charge in [0.1, 0.15) is 5.65 Å². The van der Waals surface area contributed by atoms with Crippen molar-refractivity contribution in [1.29, 1.82) is 0 Å². The first kappa shape index (κ1) is 25.0. The van der Waals surface area contributed by atoms with Crippen LogP contribution in [-0.4, -0.2) is 81.2 Å². The quantitative estimate of drug-likeness (QED) is 0.504. The minimum absolute atomic E-state index is 0.205. The highest BCUT2D eigenvalue weighted by Crippen LogP contribution is 2.37. The number of benzene rings is 1. The van der Waals surface area contributed by atoms with Crippen LogP contribution in [0, 0.1) is 0 Å². The van der Waals surface area contributed by atoms with E-state index >= 15 is 0 Å². The maximum atomic E-state index is 13.1. The largest absolute Gasteiger partial charge is 0.393 e. The van der Waals surface area contributed by atoms with Gasteiger partial charge in [-0.15, -0.1) is 0 Å². The van der Waals surface area contributed by atoms with Crippen LogP contribution in [0.25, 0.3) is 22.2 Å². The number of aliphatic hydroxyl groups is 1. The molecule has 1 aromatic carbocycles. The lowest BCUT2D eigenvalue weighted by molar-refractivity contribution is 0.111. The summed E-state index contributed by atoms with van der Waals surface area (Å²) >= 11 is 0. The molecule has 0 unspecified atom stereocenters. The van der Waals surface area contributed by atoms with Gasteiger partial charge in [0.15, 0.2) is 0 Å². The summed E-state index contributed by atoms with van der Waals surface area (Å²) < 4.78 is 28.4. The predicted octanol–water partition coefficient (Wildman–Crippen LogP) is 4.39. The average Bonchev–Trinajstić information content (AvgIpc) is 3.25. The molecular formula is C27H36F2N6O. The topological polar surface area (TPSA) is 69.5 Å². The number of rotatable bonds is 7. The fourth-order valence-electron chi connectivity index (χ4n) is 5.26. The van der Waals surface area contributed by atoms with Crippen molar-refractivity contribution in [2.75, 3.05) is 38.5 Å². The van der Waals surface area contributed by atoms with Crippen LogP contribution in [0.3, 0.4) is 0 Å². The summed E-state index contributed by atoms with van der Waals surface area (Å²) in [5, 5.41) is 13.6. The Labute approximate surface area is 211 Å². The molecule has 2 fully saturated rings. The standard InChI is InChI=1S/C27H36F2N6O/c1-18(25(28)29)31-27-30-15-23-24(17-35(26(23)32-27)21-7-9-22(36)10-8-21)20-5-3-19(4-6-20)16-34-13-11-33(2)12-14-34/h3-6,15,17-18,21-22,25,36H,7-14,16H2,1-2H3,(H,30,31,32)/t18-,21-,22-/m1/s1. The zero-order valence-electron chi connectivity index (χ0n) is 21.1. The minimum atomic E-state index is -2.50. The highest BCUT2D eigenvalue weighted by Gasteiger charge is 2.25. The number of alkyl halides is 2. The van der Waals surface area contributed by atoms with Crippen LogP contribution >= 0.6 is 0 Å². The van der Waals surface area contributed by atoms with Gasteiger partial charge < -0.3 is 19.9 Å². The van der Waals surface area contributed by atoms with E-state index in [-0.39, 0.29) is 18.1 Å². The molecular weight excluding hydrogens is 462 g/mol. The van der Waals surface area contributed by atoms with E-state index in [1.807, 2.05) is 0 Å². The maximum absolute atomic E-state index is 13.1. The fraction of sp³-hybridized carbons (Fsp3) is 0.556. The van der Waals surface area contributed by atoms with Crippen LogP contribution < -0.4 is 5.32 Å². The Morgan fingerprint density at radius 2 is 1.75 bits per heavy atom. The first-order valence-electron chi connectivity index (χ1n) is 13.0. The molecule has 2 N–H and O–H groups in total. The summed E-state index contributed by atoms with van der Waals surface area (Å²) in [6.45, 7) is 6.74. The van der Waals surface area contributed by atoms with E-state index in [4.69, 9.17) is 0 Å². The van der Waals surface area contributed by atoms with Gasteiger partial charge in [0, 0.05) is 62.1 Å². The number of anilines is 1. The molecule has 9 heteroatoms. The number of halogens is 2. The number of piperazine rings is 1. The van der Waals surface area contributed by atoms with Crippen LogP contribution in [0.2, 0.25) is 0 Å². The molecule has 5 rings (SSSR count). The van der Waals surface area contributed by atoms with Gasteiger partial charge in [-0.1, -0.05) is 24.3 Å². The number of nitrogens with zero attached hydrogens (tertiary/aromatic N) is 5. The van der Waals surface area contributed by atoms with Crippen LogP contribution in [-0.2, 0) is 6.54 Å². The number of fused-ring (bicyclic) bond motifs is 1. The molecule has 1 saturated carbocycles. The molecule has 2 aliphatic rings. The van der Waals surface area contributed by atoms with Gasteiger partial charge >= 0.3 is 0 Å². The Hall–Kier alpha value is -2.62. The fourth-order valence-corrected chi connectivity index (χ4v) is 5.26. The minimum Gasteiger partial charge on any atom is -0.393 e. The van der Waals surface area contributed by atoms with Gasteiger partial charge in [0.2, 0.25) is 5.95 Å². The number of aliphatic hydroxyl groups excluding tert-OH is 1. The average molecular weight is 499 g/mol. The van der Waals surface area contributed by atoms with Gasteiger partial charge in [-0.3, -0.25) is 4.90 Å². The Balaban J connectivity index is 1.44. The first-order chi connectivity index (χ1) is 17.4. The molecule has 1 atom stereocenters. The molecule has 0 spiro atoms. The van der Waals surface area contributed by atoms with Gasteiger partial charge in [-0.2, -0.15) is 4.98 Å². The van der Waals surface area contributed by atoms with Gasteiger partial charge in [0.05, 0.1) is 12.1 Å². The second kappa shape index (κ2) is 10.8. The second-order valence-electron chi connectivity index (χ2n) is 10.4. The number of likely N-dealkylation sites (N-methyl/N-ethyl adjacent to an activating group) is 1. The molecule has 0 radical (unpaired) electrons. The van der Waals surface area contributed by atoms with Crippen LogP contribution in [0.5, 0.6) is 0 Å². The summed E-state index contributed by atoms with van der Waals surface area (Å²) in [5.74, 6) is 0.208. The lowest BCUT2D eigenvalue weighted by Gasteiger charge is -2.32. The van der Waals surface area contributed by atoms with Crippen molar-refractivity contribution in [3.05, 3.63) is 42.2 Å². The Morgan fingerprint density at radius 3 is 2.42 bits per heavy atom. The predicted molar refractivity (Wildman–Crippen MR) is 138 cm³/mol. The third-order valence-electron chi connectivity index (χ3n) is 7.63. The SMILES string of the molecule is C[C@@H](Nc1ncc2c(-c3ccc(CN4CCN(C)CC4)cc3)cn([C@H]3CC[C@H](O)CC3)c2n1)C(F)F. The number of hydrogen-bond donors (Lipinski definition) is 2. The number of hydrogen-bond acceptors (Lipinski definition) is 6. The van der Waals surface area contributed by atoms with Gasteiger partial charge in [-0.05, 0) is 50.8 Å².